The molecule has 0 unspecified atom stereocenters. The van der Waals surface area contributed by atoms with Crippen molar-refractivity contribution in [2.75, 3.05) is 20.7 Å². The fourth-order valence-electron chi connectivity index (χ4n) is 2.28. The van der Waals surface area contributed by atoms with Gasteiger partial charge in [-0.25, -0.2) is 0 Å². The number of hydrogen-bond acceptors (Lipinski definition) is 3. The van der Waals surface area contributed by atoms with Crippen LogP contribution in [0.25, 0.3) is 0 Å². The predicted molar refractivity (Wildman–Crippen MR) is 78.1 cm³/mol. The van der Waals surface area contributed by atoms with Crippen molar-refractivity contribution in [1.29, 1.82) is 5.26 Å². The molecule has 1 aromatic carbocycles. The summed E-state index contributed by atoms with van der Waals surface area (Å²) in [5.74, 6) is 0.950. The summed E-state index contributed by atoms with van der Waals surface area (Å²) in [6.07, 6.45) is 0.963. The van der Waals surface area contributed by atoms with E-state index in [4.69, 9.17) is 10.00 Å². The van der Waals surface area contributed by atoms with Crippen molar-refractivity contribution in [1.82, 2.24) is 4.90 Å². The molecule has 0 radical (unpaired) electrons. The second-order valence-electron chi connectivity index (χ2n) is 5.67. The van der Waals surface area contributed by atoms with Crippen LogP contribution in [0.4, 0.5) is 0 Å². The largest absolute Gasteiger partial charge is 0.496 e. The molecular weight excluding hydrogens is 236 g/mol. The van der Waals surface area contributed by atoms with E-state index in [9.17, 15) is 0 Å². The number of ether oxygens (including phenoxy) is 1. The molecule has 0 bridgehead atoms. The zero-order valence-corrected chi connectivity index (χ0v) is 12.7. The number of nitriles is 1. The molecule has 0 heterocycles. The first-order valence-electron chi connectivity index (χ1n) is 6.67. The Hall–Kier alpha value is -1.53. The molecule has 3 heteroatoms. The molecular formula is C16H24N2O. The number of benzene rings is 1. The molecule has 0 spiro atoms. The fraction of sp³-hybridized carbons (Fsp3) is 0.562. The Morgan fingerprint density at radius 1 is 1.37 bits per heavy atom. The zero-order chi connectivity index (χ0) is 14.5. The van der Waals surface area contributed by atoms with Crippen LogP contribution in [-0.2, 0) is 13.0 Å². The number of nitrogens with zero attached hydrogens (tertiary/aromatic N) is 2. The summed E-state index contributed by atoms with van der Waals surface area (Å²) in [4.78, 5) is 2.18. The van der Waals surface area contributed by atoms with Gasteiger partial charge in [-0.15, -0.1) is 0 Å². The summed E-state index contributed by atoms with van der Waals surface area (Å²) in [6.45, 7) is 7.67. The molecule has 0 saturated heterocycles. The Morgan fingerprint density at radius 2 is 2.05 bits per heavy atom. The maximum absolute atomic E-state index is 9.07. The van der Waals surface area contributed by atoms with Gasteiger partial charge in [0.1, 0.15) is 5.75 Å². The Balaban J connectivity index is 2.75. The second kappa shape index (κ2) is 6.58. The molecule has 1 aromatic rings. The van der Waals surface area contributed by atoms with Crippen LogP contribution in [0.1, 0.15) is 31.9 Å². The van der Waals surface area contributed by atoms with Crippen LogP contribution < -0.4 is 4.74 Å². The lowest BCUT2D eigenvalue weighted by Gasteiger charge is -2.24. The Labute approximate surface area is 116 Å². The molecule has 0 saturated carbocycles. The maximum atomic E-state index is 9.07. The van der Waals surface area contributed by atoms with E-state index in [0.717, 1.165) is 25.3 Å². The molecule has 104 valence electrons. The van der Waals surface area contributed by atoms with Crippen LogP contribution in [0.5, 0.6) is 5.75 Å². The van der Waals surface area contributed by atoms with Crippen molar-refractivity contribution in [3.8, 4) is 11.8 Å². The van der Waals surface area contributed by atoms with Gasteiger partial charge in [0.05, 0.1) is 18.6 Å². The lowest BCUT2D eigenvalue weighted by Crippen LogP contribution is -2.30. The van der Waals surface area contributed by atoms with Gasteiger partial charge < -0.3 is 9.64 Å². The molecule has 0 fully saturated rings. The lowest BCUT2D eigenvalue weighted by atomic mass is 9.95. The normalized spacial score (nSPS) is 11.4. The minimum Gasteiger partial charge on any atom is -0.496 e. The van der Waals surface area contributed by atoms with Crippen molar-refractivity contribution in [3.63, 3.8) is 0 Å². The Bertz CT molecular complexity index is 460. The Kier molecular flexibility index (Phi) is 5.38. The highest BCUT2D eigenvalue weighted by Gasteiger charge is 2.19. The third kappa shape index (κ3) is 4.57. The summed E-state index contributed by atoms with van der Waals surface area (Å²) in [6, 6.07) is 8.64. The van der Waals surface area contributed by atoms with E-state index in [2.05, 4.69) is 37.1 Å². The third-order valence-electron chi connectivity index (χ3n) is 3.15. The van der Waals surface area contributed by atoms with Gasteiger partial charge in [-0.2, -0.15) is 5.26 Å². The van der Waals surface area contributed by atoms with Crippen LogP contribution in [0.3, 0.4) is 0 Å². The molecule has 3 nitrogen and oxygen atoms in total. The van der Waals surface area contributed by atoms with Crippen molar-refractivity contribution in [3.05, 3.63) is 29.3 Å². The quantitative estimate of drug-likeness (QED) is 0.788. The molecule has 1 rings (SSSR count). The number of methoxy groups -OCH3 is 1. The Morgan fingerprint density at radius 3 is 2.58 bits per heavy atom. The van der Waals surface area contributed by atoms with Crippen molar-refractivity contribution >= 4 is 0 Å². The fourth-order valence-corrected chi connectivity index (χ4v) is 2.28. The van der Waals surface area contributed by atoms with Crippen molar-refractivity contribution in [2.45, 2.75) is 33.7 Å². The average molecular weight is 260 g/mol. The van der Waals surface area contributed by atoms with Gasteiger partial charge in [0.25, 0.3) is 0 Å². The number of hydrogen-bond donors (Lipinski definition) is 0. The number of aryl methyl sites for hydroxylation is 1. The van der Waals surface area contributed by atoms with Gasteiger partial charge in [-0.1, -0.05) is 19.1 Å². The van der Waals surface area contributed by atoms with Crippen molar-refractivity contribution < 1.29 is 4.74 Å². The molecule has 0 atom stereocenters. The highest BCUT2D eigenvalue weighted by Crippen LogP contribution is 2.22. The molecule has 0 amide bonds. The van der Waals surface area contributed by atoms with E-state index in [0.29, 0.717) is 0 Å². The molecule has 0 aliphatic heterocycles. The first-order chi connectivity index (χ1) is 8.91. The third-order valence-corrected chi connectivity index (χ3v) is 3.15. The van der Waals surface area contributed by atoms with Gasteiger partial charge in [0.2, 0.25) is 0 Å². The highest BCUT2D eigenvalue weighted by molar-refractivity contribution is 5.37. The molecule has 0 aromatic heterocycles. The zero-order valence-electron chi connectivity index (χ0n) is 12.7. The SMILES string of the molecule is CCc1cc(CN(C)CC(C)(C)C#N)ccc1OC. The smallest absolute Gasteiger partial charge is 0.122 e. The summed E-state index contributed by atoms with van der Waals surface area (Å²) >= 11 is 0. The monoisotopic (exact) mass is 260 g/mol. The summed E-state index contributed by atoms with van der Waals surface area (Å²) in [7, 11) is 3.75. The van der Waals surface area contributed by atoms with Gasteiger partial charge in [-0.3, -0.25) is 0 Å². The average Bonchev–Trinajstić information content (AvgIpc) is 2.37. The molecule has 0 N–H and O–H groups in total. The molecule has 0 aliphatic carbocycles. The lowest BCUT2D eigenvalue weighted by molar-refractivity contribution is 0.248. The van der Waals surface area contributed by atoms with E-state index in [-0.39, 0.29) is 5.41 Å². The molecule has 0 aliphatic rings. The van der Waals surface area contributed by atoms with Gasteiger partial charge in [0.15, 0.2) is 0 Å². The van der Waals surface area contributed by atoms with E-state index in [1.807, 2.05) is 19.9 Å². The van der Waals surface area contributed by atoms with Gasteiger partial charge in [-0.05, 0) is 44.5 Å². The predicted octanol–water partition coefficient (Wildman–Crippen LogP) is 3.24. The minimum atomic E-state index is -0.311. The van der Waals surface area contributed by atoms with E-state index in [1.165, 1.54) is 11.1 Å². The van der Waals surface area contributed by atoms with Crippen LogP contribution in [-0.4, -0.2) is 25.6 Å². The standard InChI is InChI=1S/C16H24N2O/c1-6-14-9-13(7-8-15(14)19-5)10-18(4)12-16(2,3)11-17/h7-9H,6,10,12H2,1-5H3. The summed E-state index contributed by atoms with van der Waals surface area (Å²) in [5, 5.41) is 9.07. The van der Waals surface area contributed by atoms with E-state index < -0.39 is 0 Å². The van der Waals surface area contributed by atoms with Gasteiger partial charge in [0, 0.05) is 13.1 Å². The summed E-state index contributed by atoms with van der Waals surface area (Å²) < 4.78 is 5.34. The first-order valence-corrected chi connectivity index (χ1v) is 6.67. The van der Waals surface area contributed by atoms with Crippen LogP contribution >= 0.6 is 0 Å². The van der Waals surface area contributed by atoms with E-state index in [1.54, 1.807) is 7.11 Å². The maximum Gasteiger partial charge on any atom is 0.122 e. The topological polar surface area (TPSA) is 36.3 Å². The summed E-state index contributed by atoms with van der Waals surface area (Å²) in [5.41, 5.74) is 2.18. The highest BCUT2D eigenvalue weighted by atomic mass is 16.5. The van der Waals surface area contributed by atoms with E-state index >= 15 is 0 Å². The van der Waals surface area contributed by atoms with Crippen LogP contribution in [0.15, 0.2) is 18.2 Å². The second-order valence-corrected chi connectivity index (χ2v) is 5.67. The molecule has 19 heavy (non-hydrogen) atoms. The van der Waals surface area contributed by atoms with Gasteiger partial charge >= 0.3 is 0 Å². The minimum absolute atomic E-state index is 0.311. The first kappa shape index (κ1) is 15.5. The van der Waals surface area contributed by atoms with Crippen LogP contribution in [0.2, 0.25) is 0 Å². The number of rotatable bonds is 6. The van der Waals surface area contributed by atoms with Crippen molar-refractivity contribution in [2.24, 2.45) is 5.41 Å². The van der Waals surface area contributed by atoms with Crippen LogP contribution in [0, 0.1) is 16.7 Å².